The molecule has 1 atom stereocenters. The Morgan fingerprint density at radius 3 is 2.50 bits per heavy atom. The normalized spacial score (nSPS) is 24.6. The van der Waals surface area contributed by atoms with Crippen LogP contribution in [0.1, 0.15) is 38.7 Å². The third-order valence-electron chi connectivity index (χ3n) is 5.26. The lowest BCUT2D eigenvalue weighted by molar-refractivity contribution is -0.384. The highest BCUT2D eigenvalue weighted by molar-refractivity contribution is 7.93. The quantitative estimate of drug-likeness (QED) is 0.612. The average molecular weight is 354 g/mol. The third kappa shape index (κ3) is 2.31. The van der Waals surface area contributed by atoms with E-state index in [1.54, 1.807) is 13.8 Å². The van der Waals surface area contributed by atoms with Gasteiger partial charge in [-0.05, 0) is 31.9 Å². The number of nitrogens with zero attached hydrogens (tertiary/aromatic N) is 2. The molecule has 24 heavy (non-hydrogen) atoms. The Balaban J connectivity index is 2.23. The van der Waals surface area contributed by atoms with Crippen LogP contribution in [0.2, 0.25) is 0 Å². The molecule has 0 spiro atoms. The van der Waals surface area contributed by atoms with Gasteiger partial charge in [0, 0.05) is 25.1 Å². The lowest BCUT2D eigenvalue weighted by atomic mass is 9.85. The number of fused-ring (bicyclic) bond motifs is 1. The Morgan fingerprint density at radius 2 is 1.96 bits per heavy atom. The van der Waals surface area contributed by atoms with Crippen LogP contribution in [0.5, 0.6) is 0 Å². The molecule has 1 unspecified atom stereocenters. The molecule has 132 valence electrons. The maximum Gasteiger partial charge on any atom is 0.292 e. The third-order valence-corrected chi connectivity index (χ3v) is 7.86. The number of sulfone groups is 1. The van der Waals surface area contributed by atoms with Crippen LogP contribution in [-0.2, 0) is 14.6 Å². The molecule has 0 amide bonds. The lowest BCUT2D eigenvalue weighted by Gasteiger charge is -2.28. The SMILES string of the molecule is CCC1c2cc([N+](=O)[O-])c(N3CCOCC3)cc2S(=O)(=O)C1(C)C. The predicted octanol–water partition coefficient (Wildman–Crippen LogP) is 2.49. The molecule has 0 aromatic heterocycles. The van der Waals surface area contributed by atoms with E-state index in [0.717, 1.165) is 0 Å². The van der Waals surface area contributed by atoms with E-state index in [9.17, 15) is 18.5 Å². The minimum atomic E-state index is -3.53. The first-order chi connectivity index (χ1) is 11.2. The number of benzene rings is 1. The highest BCUT2D eigenvalue weighted by Crippen LogP contribution is 2.52. The second kappa shape index (κ2) is 5.70. The zero-order valence-electron chi connectivity index (χ0n) is 14.1. The number of nitro benzene ring substituents is 1. The standard InChI is InChI=1S/C16H22N2O5S/c1-4-12-11-9-14(18(19)20)13(17-5-7-23-8-6-17)10-15(11)24(21,22)16(12,2)3/h9-10,12H,4-8H2,1-3H3. The van der Waals surface area contributed by atoms with Gasteiger partial charge in [0.05, 0.1) is 27.8 Å². The van der Waals surface area contributed by atoms with E-state index < -0.39 is 19.5 Å². The van der Waals surface area contributed by atoms with Crippen molar-refractivity contribution in [2.45, 2.75) is 42.8 Å². The smallest absolute Gasteiger partial charge is 0.292 e. The molecule has 2 heterocycles. The summed E-state index contributed by atoms with van der Waals surface area (Å²) in [5.74, 6) is -0.241. The average Bonchev–Trinajstić information content (AvgIpc) is 2.69. The number of nitro groups is 1. The first-order valence-corrected chi connectivity index (χ1v) is 9.59. The van der Waals surface area contributed by atoms with Crippen molar-refractivity contribution in [2.75, 3.05) is 31.2 Å². The maximum atomic E-state index is 13.0. The van der Waals surface area contributed by atoms with Crippen LogP contribution in [0.15, 0.2) is 17.0 Å². The summed E-state index contributed by atoms with van der Waals surface area (Å²) in [6.07, 6.45) is 0.618. The van der Waals surface area contributed by atoms with Crippen molar-refractivity contribution in [2.24, 2.45) is 0 Å². The molecule has 3 rings (SSSR count). The summed E-state index contributed by atoms with van der Waals surface area (Å²) in [4.78, 5) is 13.2. The van der Waals surface area contributed by atoms with Crippen molar-refractivity contribution in [1.29, 1.82) is 0 Å². The fourth-order valence-corrected chi connectivity index (χ4v) is 5.85. The molecule has 2 aliphatic rings. The monoisotopic (exact) mass is 354 g/mol. The van der Waals surface area contributed by atoms with Gasteiger partial charge in [0.25, 0.3) is 5.69 Å². The Labute approximate surface area is 141 Å². The molecular weight excluding hydrogens is 332 g/mol. The summed E-state index contributed by atoms with van der Waals surface area (Å²) in [6, 6.07) is 2.98. The van der Waals surface area contributed by atoms with Crippen LogP contribution in [0.3, 0.4) is 0 Å². The molecule has 1 saturated heterocycles. The van der Waals surface area contributed by atoms with Crippen molar-refractivity contribution in [3.05, 3.63) is 27.8 Å². The number of hydrogen-bond donors (Lipinski definition) is 0. The van der Waals surface area contributed by atoms with E-state index in [1.807, 2.05) is 11.8 Å². The summed E-state index contributed by atoms with van der Waals surface area (Å²) in [7, 11) is -3.53. The van der Waals surface area contributed by atoms with Crippen LogP contribution in [-0.4, -0.2) is 44.4 Å². The molecule has 2 aliphatic heterocycles. The summed E-state index contributed by atoms with van der Waals surface area (Å²) < 4.78 is 30.3. The first-order valence-electron chi connectivity index (χ1n) is 8.11. The molecule has 1 aromatic carbocycles. The van der Waals surface area contributed by atoms with Crippen molar-refractivity contribution in [3.63, 3.8) is 0 Å². The maximum absolute atomic E-state index is 13.0. The van der Waals surface area contributed by atoms with Gasteiger partial charge in [0.1, 0.15) is 5.69 Å². The van der Waals surface area contributed by atoms with Crippen LogP contribution < -0.4 is 4.90 Å². The van der Waals surface area contributed by atoms with Crippen LogP contribution in [0.25, 0.3) is 0 Å². The number of hydrogen-bond acceptors (Lipinski definition) is 6. The van der Waals surface area contributed by atoms with E-state index in [4.69, 9.17) is 4.74 Å². The fraction of sp³-hybridized carbons (Fsp3) is 0.625. The van der Waals surface area contributed by atoms with E-state index in [0.29, 0.717) is 44.0 Å². The van der Waals surface area contributed by atoms with Crippen molar-refractivity contribution in [1.82, 2.24) is 0 Å². The molecule has 0 saturated carbocycles. The Hall–Kier alpha value is -1.67. The van der Waals surface area contributed by atoms with Crippen molar-refractivity contribution < 1.29 is 18.1 Å². The zero-order valence-corrected chi connectivity index (χ0v) is 14.9. The second-order valence-corrected chi connectivity index (χ2v) is 9.30. The summed E-state index contributed by atoms with van der Waals surface area (Å²) in [6.45, 7) is 7.31. The molecule has 0 bridgehead atoms. The number of morpholine rings is 1. The van der Waals surface area contributed by atoms with Gasteiger partial charge >= 0.3 is 0 Å². The second-order valence-electron chi connectivity index (χ2n) is 6.80. The van der Waals surface area contributed by atoms with Crippen LogP contribution >= 0.6 is 0 Å². The summed E-state index contributed by atoms with van der Waals surface area (Å²) >= 11 is 0. The number of anilines is 1. The van der Waals surface area contributed by atoms with Crippen molar-refractivity contribution in [3.8, 4) is 0 Å². The zero-order chi connectivity index (χ0) is 17.7. The van der Waals surface area contributed by atoms with Gasteiger partial charge in [-0.15, -0.1) is 0 Å². The molecule has 0 N–H and O–H groups in total. The van der Waals surface area contributed by atoms with Gasteiger partial charge in [-0.25, -0.2) is 8.42 Å². The van der Waals surface area contributed by atoms with Gasteiger partial charge in [-0.3, -0.25) is 10.1 Å². The van der Waals surface area contributed by atoms with Crippen LogP contribution in [0.4, 0.5) is 11.4 Å². The number of ether oxygens (including phenoxy) is 1. The fourth-order valence-electron chi connectivity index (χ4n) is 3.84. The van der Waals surface area contributed by atoms with Crippen molar-refractivity contribution >= 4 is 21.2 Å². The largest absolute Gasteiger partial charge is 0.378 e. The summed E-state index contributed by atoms with van der Waals surface area (Å²) in [5, 5.41) is 11.6. The minimum absolute atomic E-state index is 0.0259. The van der Waals surface area contributed by atoms with Gasteiger partial charge in [0.2, 0.25) is 0 Å². The molecule has 7 nitrogen and oxygen atoms in total. The highest BCUT2D eigenvalue weighted by Gasteiger charge is 2.51. The molecule has 1 aromatic rings. The van der Waals surface area contributed by atoms with E-state index in [2.05, 4.69) is 0 Å². The van der Waals surface area contributed by atoms with E-state index in [1.165, 1.54) is 12.1 Å². The number of rotatable bonds is 3. The highest BCUT2D eigenvalue weighted by atomic mass is 32.2. The van der Waals surface area contributed by atoms with Gasteiger partial charge < -0.3 is 9.64 Å². The molecule has 0 radical (unpaired) electrons. The molecule has 8 heteroatoms. The molecule has 0 aliphatic carbocycles. The minimum Gasteiger partial charge on any atom is -0.378 e. The van der Waals surface area contributed by atoms with Gasteiger partial charge in [0.15, 0.2) is 9.84 Å². The Kier molecular flexibility index (Phi) is 4.08. The Morgan fingerprint density at radius 1 is 1.33 bits per heavy atom. The van der Waals surface area contributed by atoms with E-state index in [-0.39, 0.29) is 16.5 Å². The molecule has 1 fully saturated rings. The Bertz CT molecular complexity index is 782. The summed E-state index contributed by atoms with van der Waals surface area (Å²) in [5.41, 5.74) is 0.923. The lowest BCUT2D eigenvalue weighted by Crippen LogP contribution is -2.36. The predicted molar refractivity (Wildman–Crippen MR) is 90.4 cm³/mol. The topological polar surface area (TPSA) is 89.8 Å². The first kappa shape index (κ1) is 17.2. The van der Waals surface area contributed by atoms with Crippen LogP contribution in [0, 0.1) is 10.1 Å². The van der Waals surface area contributed by atoms with Gasteiger partial charge in [-0.1, -0.05) is 6.92 Å². The van der Waals surface area contributed by atoms with Gasteiger partial charge in [-0.2, -0.15) is 0 Å². The molecular formula is C16H22N2O5S. The van der Waals surface area contributed by atoms with E-state index >= 15 is 0 Å².